The molecule has 1 saturated carbocycles. The third kappa shape index (κ3) is 4.23. The molecule has 2 aliphatic rings. The van der Waals surface area contributed by atoms with Gasteiger partial charge in [-0.2, -0.15) is 0 Å². The fraction of sp³-hybridized carbons (Fsp3) is 1.00. The van der Waals surface area contributed by atoms with Gasteiger partial charge >= 0.3 is 0 Å². The monoisotopic (exact) mass is 240 g/mol. The molecule has 0 aromatic rings. The van der Waals surface area contributed by atoms with Crippen molar-refractivity contribution in [3.05, 3.63) is 0 Å². The van der Waals surface area contributed by atoms with Crippen LogP contribution in [-0.4, -0.2) is 50.3 Å². The van der Waals surface area contributed by atoms with Gasteiger partial charge in [0.15, 0.2) is 0 Å². The maximum Gasteiger partial charge on any atom is 0.0618 e. The van der Waals surface area contributed by atoms with Gasteiger partial charge in [-0.1, -0.05) is 13.3 Å². The lowest BCUT2D eigenvalue weighted by Crippen LogP contribution is -2.37. The highest BCUT2D eigenvalue weighted by Gasteiger charge is 2.29. The zero-order chi connectivity index (χ0) is 12.1. The van der Waals surface area contributed by atoms with Gasteiger partial charge in [0.1, 0.15) is 0 Å². The lowest BCUT2D eigenvalue weighted by atomic mass is 10.1. The summed E-state index contributed by atoms with van der Waals surface area (Å²) in [4.78, 5) is 2.65. The van der Waals surface area contributed by atoms with Crippen molar-refractivity contribution in [1.29, 1.82) is 0 Å². The van der Waals surface area contributed by atoms with Crippen LogP contribution < -0.4 is 5.32 Å². The molecule has 1 saturated heterocycles. The largest absolute Gasteiger partial charge is 0.383 e. The number of hydrogen-bond acceptors (Lipinski definition) is 3. The average Bonchev–Trinajstić information content (AvgIpc) is 3.04. The highest BCUT2D eigenvalue weighted by molar-refractivity contribution is 4.86. The van der Waals surface area contributed by atoms with Crippen LogP contribution in [0.4, 0.5) is 0 Å². The molecule has 0 aromatic heterocycles. The molecule has 2 atom stereocenters. The molecule has 1 heterocycles. The van der Waals surface area contributed by atoms with E-state index in [0.717, 1.165) is 18.6 Å². The van der Waals surface area contributed by atoms with Crippen molar-refractivity contribution in [1.82, 2.24) is 10.2 Å². The Hall–Kier alpha value is -0.120. The summed E-state index contributed by atoms with van der Waals surface area (Å²) in [7, 11) is 1.82. The first-order chi connectivity index (χ1) is 8.33. The van der Waals surface area contributed by atoms with Crippen LogP contribution in [0.1, 0.15) is 39.0 Å². The molecule has 3 heteroatoms. The Morgan fingerprint density at radius 2 is 2.18 bits per heavy atom. The van der Waals surface area contributed by atoms with Gasteiger partial charge in [0.05, 0.1) is 6.61 Å². The van der Waals surface area contributed by atoms with Gasteiger partial charge in [0, 0.05) is 25.7 Å². The molecule has 0 spiro atoms. The third-order valence-electron chi connectivity index (χ3n) is 4.09. The van der Waals surface area contributed by atoms with Crippen LogP contribution in [0.5, 0.6) is 0 Å². The maximum atomic E-state index is 5.36. The molecule has 0 bridgehead atoms. The summed E-state index contributed by atoms with van der Waals surface area (Å²) < 4.78 is 5.36. The molecule has 1 aliphatic carbocycles. The lowest BCUT2D eigenvalue weighted by molar-refractivity contribution is 0.0971. The number of likely N-dealkylation sites (tertiary alicyclic amines) is 1. The normalized spacial score (nSPS) is 27.5. The first kappa shape index (κ1) is 13.3. The van der Waals surface area contributed by atoms with Gasteiger partial charge in [-0.25, -0.2) is 0 Å². The number of nitrogens with zero attached hydrogens (tertiary/aromatic N) is 1. The van der Waals surface area contributed by atoms with Crippen molar-refractivity contribution in [3.63, 3.8) is 0 Å². The van der Waals surface area contributed by atoms with Crippen LogP contribution in [-0.2, 0) is 4.74 Å². The number of ether oxygens (including phenoxy) is 1. The Kier molecular flexibility index (Phi) is 5.26. The van der Waals surface area contributed by atoms with E-state index in [1.807, 2.05) is 7.11 Å². The standard InChI is InChI=1S/C14H28N2O/c1-3-4-14(11-17-2)16-8-7-12(10-16)9-15-13-5-6-13/h12-15H,3-11H2,1-2H3. The summed E-state index contributed by atoms with van der Waals surface area (Å²) in [5.74, 6) is 0.867. The SMILES string of the molecule is CCCC(COC)N1CCC(CNC2CC2)C1. The average molecular weight is 240 g/mol. The van der Waals surface area contributed by atoms with Gasteiger partial charge in [-0.3, -0.25) is 4.90 Å². The molecular formula is C14H28N2O. The van der Waals surface area contributed by atoms with Gasteiger partial charge in [-0.05, 0) is 44.7 Å². The van der Waals surface area contributed by atoms with E-state index in [4.69, 9.17) is 4.74 Å². The van der Waals surface area contributed by atoms with Gasteiger partial charge < -0.3 is 10.1 Å². The van der Waals surface area contributed by atoms with Gasteiger partial charge in [0.25, 0.3) is 0 Å². The van der Waals surface area contributed by atoms with Crippen LogP contribution in [0.25, 0.3) is 0 Å². The molecule has 0 radical (unpaired) electrons. The molecule has 0 amide bonds. The van der Waals surface area contributed by atoms with E-state index in [1.165, 1.54) is 51.7 Å². The van der Waals surface area contributed by atoms with Crippen LogP contribution in [0.3, 0.4) is 0 Å². The minimum absolute atomic E-state index is 0.649. The smallest absolute Gasteiger partial charge is 0.0618 e. The Morgan fingerprint density at radius 1 is 1.35 bits per heavy atom. The summed E-state index contributed by atoms with van der Waals surface area (Å²) in [6, 6.07) is 1.50. The molecule has 0 aromatic carbocycles. The van der Waals surface area contributed by atoms with Gasteiger partial charge in [0.2, 0.25) is 0 Å². The van der Waals surface area contributed by atoms with Crippen molar-refractivity contribution in [3.8, 4) is 0 Å². The zero-order valence-electron chi connectivity index (χ0n) is 11.5. The lowest BCUT2D eigenvalue weighted by Gasteiger charge is -2.27. The van der Waals surface area contributed by atoms with Crippen molar-refractivity contribution in [2.45, 2.75) is 51.1 Å². The quantitative estimate of drug-likeness (QED) is 0.701. The molecule has 3 nitrogen and oxygen atoms in total. The third-order valence-corrected chi connectivity index (χ3v) is 4.09. The summed E-state index contributed by atoms with van der Waals surface area (Å²) >= 11 is 0. The molecule has 17 heavy (non-hydrogen) atoms. The highest BCUT2D eigenvalue weighted by atomic mass is 16.5. The Labute approximate surface area is 106 Å². The predicted molar refractivity (Wildman–Crippen MR) is 71.3 cm³/mol. The summed E-state index contributed by atoms with van der Waals surface area (Å²) in [5, 5.41) is 3.66. The number of hydrogen-bond donors (Lipinski definition) is 1. The van der Waals surface area contributed by atoms with Crippen molar-refractivity contribution >= 4 is 0 Å². The van der Waals surface area contributed by atoms with Crippen molar-refractivity contribution < 1.29 is 4.74 Å². The summed E-state index contributed by atoms with van der Waals surface area (Å²) in [6.45, 7) is 6.94. The van der Waals surface area contributed by atoms with Crippen LogP contribution in [0.15, 0.2) is 0 Å². The minimum atomic E-state index is 0.649. The molecule has 2 unspecified atom stereocenters. The number of rotatable bonds is 8. The molecule has 100 valence electrons. The minimum Gasteiger partial charge on any atom is -0.383 e. The zero-order valence-corrected chi connectivity index (χ0v) is 11.5. The van der Waals surface area contributed by atoms with E-state index in [0.29, 0.717) is 6.04 Å². The Bertz CT molecular complexity index is 212. The highest BCUT2D eigenvalue weighted by Crippen LogP contribution is 2.23. The number of methoxy groups -OCH3 is 1. The molecule has 1 aliphatic heterocycles. The first-order valence-electron chi connectivity index (χ1n) is 7.29. The Balaban J connectivity index is 1.69. The van der Waals surface area contributed by atoms with Crippen LogP contribution in [0.2, 0.25) is 0 Å². The van der Waals surface area contributed by atoms with Crippen LogP contribution in [0, 0.1) is 5.92 Å². The van der Waals surface area contributed by atoms with E-state index in [-0.39, 0.29) is 0 Å². The maximum absolute atomic E-state index is 5.36. The van der Waals surface area contributed by atoms with E-state index in [9.17, 15) is 0 Å². The van der Waals surface area contributed by atoms with Crippen LogP contribution >= 0.6 is 0 Å². The van der Waals surface area contributed by atoms with E-state index in [2.05, 4.69) is 17.1 Å². The first-order valence-corrected chi connectivity index (χ1v) is 7.29. The Morgan fingerprint density at radius 3 is 2.82 bits per heavy atom. The van der Waals surface area contributed by atoms with E-state index in [1.54, 1.807) is 0 Å². The topological polar surface area (TPSA) is 24.5 Å². The second-order valence-electron chi connectivity index (χ2n) is 5.73. The predicted octanol–water partition coefficient (Wildman–Crippen LogP) is 1.88. The van der Waals surface area contributed by atoms with Gasteiger partial charge in [-0.15, -0.1) is 0 Å². The fourth-order valence-corrected chi connectivity index (χ4v) is 2.88. The second kappa shape index (κ2) is 6.72. The molecule has 2 fully saturated rings. The molecule has 2 rings (SSSR count). The van der Waals surface area contributed by atoms with Crippen molar-refractivity contribution in [2.24, 2.45) is 5.92 Å². The summed E-state index contributed by atoms with van der Waals surface area (Å²) in [6.07, 6.45) is 6.70. The number of nitrogens with one attached hydrogen (secondary N) is 1. The van der Waals surface area contributed by atoms with E-state index < -0.39 is 0 Å². The van der Waals surface area contributed by atoms with Crippen molar-refractivity contribution in [2.75, 3.05) is 33.4 Å². The van der Waals surface area contributed by atoms with E-state index >= 15 is 0 Å². The second-order valence-corrected chi connectivity index (χ2v) is 5.73. The molecule has 1 N–H and O–H groups in total. The summed E-state index contributed by atoms with van der Waals surface area (Å²) in [5.41, 5.74) is 0. The fourth-order valence-electron chi connectivity index (χ4n) is 2.88. The molecular weight excluding hydrogens is 212 g/mol.